The molecular weight excluding hydrogens is 248 g/mol. The quantitative estimate of drug-likeness (QED) is 0.876. The molecule has 1 aromatic carbocycles. The fourth-order valence-electron chi connectivity index (χ4n) is 2.84. The molecule has 0 saturated carbocycles. The van der Waals surface area contributed by atoms with Gasteiger partial charge in [-0.05, 0) is 31.4 Å². The van der Waals surface area contributed by atoms with Crippen LogP contribution in [0, 0.1) is 12.8 Å². The number of hydrogen-bond acceptors (Lipinski definition) is 3. The number of nitrogens with one attached hydrogen (secondary N) is 2. The van der Waals surface area contributed by atoms with E-state index in [9.17, 15) is 0 Å². The average Bonchev–Trinajstić information content (AvgIpc) is 3.10. The smallest absolute Gasteiger partial charge is 0.0535 e. The zero-order chi connectivity index (χ0) is 13.8. The third-order valence-electron chi connectivity index (χ3n) is 4.09. The minimum atomic E-state index is 0.738. The molecule has 0 bridgehead atoms. The molecule has 0 amide bonds. The van der Waals surface area contributed by atoms with Crippen molar-refractivity contribution in [3.05, 3.63) is 47.8 Å². The fourth-order valence-corrected chi connectivity index (χ4v) is 2.84. The van der Waals surface area contributed by atoms with Crippen molar-refractivity contribution in [1.29, 1.82) is 0 Å². The zero-order valence-electron chi connectivity index (χ0n) is 12.0. The van der Waals surface area contributed by atoms with Crippen LogP contribution in [0.5, 0.6) is 0 Å². The summed E-state index contributed by atoms with van der Waals surface area (Å²) in [6.07, 6.45) is 3.18. The molecule has 4 nitrogen and oxygen atoms in total. The van der Waals surface area contributed by atoms with Crippen LogP contribution in [0.3, 0.4) is 0 Å². The van der Waals surface area contributed by atoms with Crippen molar-refractivity contribution in [2.75, 3.05) is 24.5 Å². The molecule has 2 N–H and O–H groups in total. The van der Waals surface area contributed by atoms with Gasteiger partial charge in [-0.3, -0.25) is 5.10 Å². The molecular formula is C16H22N4. The number of hydrogen-bond donors (Lipinski definition) is 2. The maximum absolute atomic E-state index is 4.05. The van der Waals surface area contributed by atoms with Crippen LogP contribution in [-0.2, 0) is 6.54 Å². The maximum atomic E-state index is 4.05. The molecule has 0 aliphatic carbocycles. The predicted octanol–water partition coefficient (Wildman–Crippen LogP) is 2.33. The number of para-hydroxylation sites is 1. The number of H-pyrrole nitrogens is 1. The molecule has 1 atom stereocenters. The third-order valence-corrected chi connectivity index (χ3v) is 4.09. The minimum Gasteiger partial charge on any atom is -0.371 e. The van der Waals surface area contributed by atoms with E-state index in [0.29, 0.717) is 0 Å². The molecule has 1 aromatic heterocycles. The van der Waals surface area contributed by atoms with Gasteiger partial charge >= 0.3 is 0 Å². The second kappa shape index (κ2) is 6.09. The summed E-state index contributed by atoms with van der Waals surface area (Å²) in [5, 5.41) is 10.6. The van der Waals surface area contributed by atoms with E-state index in [0.717, 1.165) is 31.2 Å². The average molecular weight is 270 g/mol. The Bertz CT molecular complexity index is 534. The van der Waals surface area contributed by atoms with Gasteiger partial charge < -0.3 is 10.2 Å². The SMILES string of the molecule is Cc1[nH]ncc1CNC[C@@H]1CCN(c2ccccc2)C1. The van der Waals surface area contributed by atoms with E-state index < -0.39 is 0 Å². The van der Waals surface area contributed by atoms with Gasteiger partial charge in [0.2, 0.25) is 0 Å². The first kappa shape index (κ1) is 13.2. The number of anilines is 1. The van der Waals surface area contributed by atoms with Crippen LogP contribution in [0.4, 0.5) is 5.69 Å². The first-order chi connectivity index (χ1) is 9.83. The van der Waals surface area contributed by atoms with Gasteiger partial charge in [0.25, 0.3) is 0 Å². The second-order valence-corrected chi connectivity index (χ2v) is 5.59. The Balaban J connectivity index is 1.45. The summed E-state index contributed by atoms with van der Waals surface area (Å²) >= 11 is 0. The largest absolute Gasteiger partial charge is 0.371 e. The van der Waals surface area contributed by atoms with E-state index in [1.165, 1.54) is 24.2 Å². The Morgan fingerprint density at radius 3 is 2.95 bits per heavy atom. The number of aryl methyl sites for hydroxylation is 1. The molecule has 0 spiro atoms. The minimum absolute atomic E-state index is 0.738. The molecule has 20 heavy (non-hydrogen) atoms. The van der Waals surface area contributed by atoms with Crippen molar-refractivity contribution in [3.8, 4) is 0 Å². The van der Waals surface area contributed by atoms with E-state index in [1.54, 1.807) is 0 Å². The molecule has 1 aliphatic rings. The molecule has 106 valence electrons. The van der Waals surface area contributed by atoms with Crippen LogP contribution >= 0.6 is 0 Å². The number of rotatable bonds is 5. The van der Waals surface area contributed by atoms with Gasteiger partial charge in [-0.15, -0.1) is 0 Å². The number of aromatic nitrogens is 2. The van der Waals surface area contributed by atoms with Crippen LogP contribution in [0.2, 0.25) is 0 Å². The highest BCUT2D eigenvalue weighted by Crippen LogP contribution is 2.22. The molecule has 4 heteroatoms. The monoisotopic (exact) mass is 270 g/mol. The summed E-state index contributed by atoms with van der Waals surface area (Å²) in [4.78, 5) is 2.48. The molecule has 1 fully saturated rings. The van der Waals surface area contributed by atoms with Gasteiger partial charge in [-0.1, -0.05) is 18.2 Å². The van der Waals surface area contributed by atoms with Gasteiger partial charge in [-0.2, -0.15) is 5.10 Å². The summed E-state index contributed by atoms with van der Waals surface area (Å²) in [6, 6.07) is 10.7. The first-order valence-corrected chi connectivity index (χ1v) is 7.32. The summed E-state index contributed by atoms with van der Waals surface area (Å²) in [6.45, 7) is 6.37. The number of benzene rings is 1. The van der Waals surface area contributed by atoms with Gasteiger partial charge in [0, 0.05) is 43.1 Å². The Morgan fingerprint density at radius 2 is 2.20 bits per heavy atom. The summed E-state index contributed by atoms with van der Waals surface area (Å²) in [5.74, 6) is 0.738. The summed E-state index contributed by atoms with van der Waals surface area (Å²) in [5.41, 5.74) is 3.78. The summed E-state index contributed by atoms with van der Waals surface area (Å²) in [7, 11) is 0. The van der Waals surface area contributed by atoms with Gasteiger partial charge in [-0.25, -0.2) is 0 Å². The van der Waals surface area contributed by atoms with Crippen LogP contribution in [0.1, 0.15) is 17.7 Å². The van der Waals surface area contributed by atoms with Crippen molar-refractivity contribution < 1.29 is 0 Å². The van der Waals surface area contributed by atoms with E-state index in [-0.39, 0.29) is 0 Å². The predicted molar refractivity (Wildman–Crippen MR) is 81.8 cm³/mol. The van der Waals surface area contributed by atoms with Crippen molar-refractivity contribution in [2.24, 2.45) is 5.92 Å². The zero-order valence-corrected chi connectivity index (χ0v) is 12.0. The lowest BCUT2D eigenvalue weighted by Crippen LogP contribution is -2.26. The Hall–Kier alpha value is -1.81. The van der Waals surface area contributed by atoms with E-state index in [2.05, 4.69) is 57.7 Å². The molecule has 2 aromatic rings. The standard InChI is InChI=1S/C16H22N4/c1-13-15(11-18-19-13)10-17-9-14-7-8-20(12-14)16-5-3-2-4-6-16/h2-6,11,14,17H,7-10,12H2,1H3,(H,18,19)/t14-/m0/s1. The lowest BCUT2D eigenvalue weighted by atomic mass is 10.1. The molecule has 1 saturated heterocycles. The highest BCUT2D eigenvalue weighted by Gasteiger charge is 2.22. The number of nitrogens with zero attached hydrogens (tertiary/aromatic N) is 2. The maximum Gasteiger partial charge on any atom is 0.0535 e. The molecule has 3 rings (SSSR count). The highest BCUT2D eigenvalue weighted by atomic mass is 15.2. The topological polar surface area (TPSA) is 44.0 Å². The van der Waals surface area contributed by atoms with E-state index in [4.69, 9.17) is 0 Å². The second-order valence-electron chi connectivity index (χ2n) is 5.59. The Kier molecular flexibility index (Phi) is 4.02. The van der Waals surface area contributed by atoms with Crippen molar-refractivity contribution in [2.45, 2.75) is 19.9 Å². The van der Waals surface area contributed by atoms with Crippen LogP contribution < -0.4 is 10.2 Å². The Labute approximate surface area is 120 Å². The van der Waals surface area contributed by atoms with Gasteiger partial charge in [0.05, 0.1) is 6.20 Å². The lowest BCUT2D eigenvalue weighted by Gasteiger charge is -2.18. The van der Waals surface area contributed by atoms with E-state index >= 15 is 0 Å². The van der Waals surface area contributed by atoms with Gasteiger partial charge in [0.1, 0.15) is 0 Å². The molecule has 1 aliphatic heterocycles. The molecule has 2 heterocycles. The fraction of sp³-hybridized carbons (Fsp3) is 0.438. The highest BCUT2D eigenvalue weighted by molar-refractivity contribution is 5.46. The van der Waals surface area contributed by atoms with Crippen molar-refractivity contribution >= 4 is 5.69 Å². The molecule has 0 radical (unpaired) electrons. The lowest BCUT2D eigenvalue weighted by molar-refractivity contribution is 0.516. The molecule has 0 unspecified atom stereocenters. The van der Waals surface area contributed by atoms with Crippen LogP contribution in [-0.4, -0.2) is 29.8 Å². The van der Waals surface area contributed by atoms with Crippen LogP contribution in [0.25, 0.3) is 0 Å². The van der Waals surface area contributed by atoms with E-state index in [1.807, 2.05) is 6.20 Å². The van der Waals surface area contributed by atoms with Crippen molar-refractivity contribution in [1.82, 2.24) is 15.5 Å². The normalized spacial score (nSPS) is 18.6. The first-order valence-electron chi connectivity index (χ1n) is 7.32. The van der Waals surface area contributed by atoms with Crippen LogP contribution in [0.15, 0.2) is 36.5 Å². The van der Waals surface area contributed by atoms with Gasteiger partial charge in [0.15, 0.2) is 0 Å². The number of aromatic amines is 1. The third kappa shape index (κ3) is 3.02. The summed E-state index contributed by atoms with van der Waals surface area (Å²) < 4.78 is 0. The Morgan fingerprint density at radius 1 is 1.35 bits per heavy atom. The van der Waals surface area contributed by atoms with Crippen molar-refractivity contribution in [3.63, 3.8) is 0 Å².